The van der Waals surface area contributed by atoms with E-state index in [0.29, 0.717) is 31.2 Å². The van der Waals surface area contributed by atoms with E-state index < -0.39 is 5.60 Å². The molecule has 3 saturated carbocycles. The molecule has 0 aromatic carbocycles. The van der Waals surface area contributed by atoms with Crippen molar-refractivity contribution >= 4 is 5.91 Å². The van der Waals surface area contributed by atoms with Gasteiger partial charge in [-0.25, -0.2) is 0 Å². The lowest BCUT2D eigenvalue weighted by molar-refractivity contribution is -0.159. The summed E-state index contributed by atoms with van der Waals surface area (Å²) in [7, 11) is 0. The lowest BCUT2D eigenvalue weighted by atomic mass is 9.79. The first-order chi connectivity index (χ1) is 11.1. The first-order valence-corrected chi connectivity index (χ1v) is 8.96. The molecule has 23 heavy (non-hydrogen) atoms. The molecule has 6 heteroatoms. The highest BCUT2D eigenvalue weighted by atomic mass is 16.4. The average Bonchev–Trinajstić information content (AvgIpc) is 2.96. The second-order valence-electron chi connectivity index (χ2n) is 8.04. The van der Waals surface area contributed by atoms with Gasteiger partial charge in [0, 0.05) is 19.0 Å². The van der Waals surface area contributed by atoms with Gasteiger partial charge in [0.2, 0.25) is 11.8 Å². The molecule has 1 aromatic heterocycles. The number of aromatic nitrogens is 2. The maximum atomic E-state index is 12.7. The molecule has 4 aliphatic rings. The third-order valence-electron chi connectivity index (χ3n) is 6.53. The lowest BCUT2D eigenvalue weighted by Gasteiger charge is -2.38. The Balaban J connectivity index is 1.42. The number of rotatable bonds is 3. The Morgan fingerprint density at radius 2 is 2.00 bits per heavy atom. The molecule has 2 atom stereocenters. The Kier molecular flexibility index (Phi) is 2.77. The van der Waals surface area contributed by atoms with E-state index in [1.165, 1.54) is 0 Å². The lowest BCUT2D eigenvalue weighted by Crippen LogP contribution is -2.53. The first kappa shape index (κ1) is 14.0. The van der Waals surface area contributed by atoms with Crippen LogP contribution in [0.3, 0.4) is 0 Å². The molecule has 5 rings (SSSR count). The highest BCUT2D eigenvalue weighted by Crippen LogP contribution is 2.51. The SMILES string of the molecule is O=C(N1C[C@@H]2CCC[C@]2(c2nnc(C3CC3)o2)C1)C1(O)CCC1. The molecule has 0 spiro atoms. The molecule has 1 saturated heterocycles. The van der Waals surface area contributed by atoms with Gasteiger partial charge < -0.3 is 14.4 Å². The van der Waals surface area contributed by atoms with Crippen molar-refractivity contribution in [2.45, 2.75) is 68.3 Å². The Morgan fingerprint density at radius 1 is 1.17 bits per heavy atom. The van der Waals surface area contributed by atoms with Crippen LogP contribution in [0, 0.1) is 5.92 Å². The van der Waals surface area contributed by atoms with Crippen molar-refractivity contribution < 1.29 is 14.3 Å². The number of hydrogen-bond donors (Lipinski definition) is 1. The molecular weight excluding hydrogens is 294 g/mol. The topological polar surface area (TPSA) is 79.5 Å². The third-order valence-corrected chi connectivity index (χ3v) is 6.53. The standard InChI is InChI=1S/C17H23N3O3/c21-15(17(22)7-2-8-17)20-9-12-3-1-6-16(12,10-20)14-19-18-13(23-14)11-4-5-11/h11-12,22H,1-10H2/t12-,16-/m0/s1. The second kappa shape index (κ2) is 4.56. The molecule has 1 aliphatic heterocycles. The van der Waals surface area contributed by atoms with Crippen LogP contribution < -0.4 is 0 Å². The summed E-state index contributed by atoms with van der Waals surface area (Å²) in [6, 6.07) is 0. The number of hydrogen-bond acceptors (Lipinski definition) is 5. The van der Waals surface area contributed by atoms with Gasteiger partial charge >= 0.3 is 0 Å². The maximum Gasteiger partial charge on any atom is 0.254 e. The highest BCUT2D eigenvalue weighted by Gasteiger charge is 2.57. The van der Waals surface area contributed by atoms with Gasteiger partial charge in [0.25, 0.3) is 5.91 Å². The summed E-state index contributed by atoms with van der Waals surface area (Å²) in [5.74, 6) is 2.28. The van der Waals surface area contributed by atoms with Crippen molar-refractivity contribution in [3.8, 4) is 0 Å². The van der Waals surface area contributed by atoms with Crippen LogP contribution in [-0.2, 0) is 10.2 Å². The number of aliphatic hydroxyl groups is 1. The van der Waals surface area contributed by atoms with Crippen molar-refractivity contribution in [2.75, 3.05) is 13.1 Å². The molecule has 1 N–H and O–H groups in total. The maximum absolute atomic E-state index is 12.7. The molecule has 1 aromatic rings. The normalized spacial score (nSPS) is 35.2. The number of amides is 1. The summed E-state index contributed by atoms with van der Waals surface area (Å²) in [5, 5.41) is 19.0. The van der Waals surface area contributed by atoms with E-state index in [0.717, 1.165) is 56.9 Å². The van der Waals surface area contributed by atoms with Crippen molar-refractivity contribution in [3.63, 3.8) is 0 Å². The minimum Gasteiger partial charge on any atom is -0.424 e. The van der Waals surface area contributed by atoms with Gasteiger partial charge in [-0.1, -0.05) is 6.42 Å². The van der Waals surface area contributed by atoms with Crippen molar-refractivity contribution in [2.24, 2.45) is 5.92 Å². The second-order valence-corrected chi connectivity index (χ2v) is 8.04. The molecule has 3 aliphatic carbocycles. The van der Waals surface area contributed by atoms with Gasteiger partial charge in [0.05, 0.1) is 5.41 Å². The van der Waals surface area contributed by atoms with Crippen molar-refractivity contribution in [1.29, 1.82) is 0 Å². The molecule has 1 amide bonds. The Bertz CT molecular complexity index is 649. The molecule has 124 valence electrons. The quantitative estimate of drug-likeness (QED) is 0.918. The Hall–Kier alpha value is -1.43. The summed E-state index contributed by atoms with van der Waals surface area (Å²) >= 11 is 0. The summed E-state index contributed by atoms with van der Waals surface area (Å²) < 4.78 is 6.03. The predicted molar refractivity (Wildman–Crippen MR) is 80.7 cm³/mol. The number of nitrogens with zero attached hydrogens (tertiary/aromatic N) is 3. The average molecular weight is 317 g/mol. The van der Waals surface area contributed by atoms with E-state index in [-0.39, 0.29) is 11.3 Å². The number of likely N-dealkylation sites (tertiary alicyclic amines) is 1. The molecule has 6 nitrogen and oxygen atoms in total. The van der Waals surface area contributed by atoms with Gasteiger partial charge in [0.1, 0.15) is 5.60 Å². The minimum absolute atomic E-state index is 0.0838. The molecule has 0 bridgehead atoms. The minimum atomic E-state index is -1.10. The van der Waals surface area contributed by atoms with Crippen LogP contribution in [0.25, 0.3) is 0 Å². The smallest absolute Gasteiger partial charge is 0.254 e. The van der Waals surface area contributed by atoms with E-state index >= 15 is 0 Å². The van der Waals surface area contributed by atoms with Gasteiger partial charge in [0.15, 0.2) is 0 Å². The van der Waals surface area contributed by atoms with Gasteiger partial charge in [-0.15, -0.1) is 10.2 Å². The highest BCUT2D eigenvalue weighted by molar-refractivity contribution is 5.86. The fourth-order valence-corrected chi connectivity index (χ4v) is 4.74. The van der Waals surface area contributed by atoms with Crippen LogP contribution in [0.4, 0.5) is 0 Å². The zero-order valence-corrected chi connectivity index (χ0v) is 13.3. The van der Waals surface area contributed by atoms with Crippen molar-refractivity contribution in [1.82, 2.24) is 15.1 Å². The van der Waals surface area contributed by atoms with E-state index in [1.54, 1.807) is 0 Å². The molecule has 2 heterocycles. The van der Waals surface area contributed by atoms with E-state index in [9.17, 15) is 9.90 Å². The zero-order chi connectivity index (χ0) is 15.7. The number of carbonyl (C=O) groups is 1. The van der Waals surface area contributed by atoms with Gasteiger partial charge in [-0.3, -0.25) is 4.79 Å². The third kappa shape index (κ3) is 1.93. The fourth-order valence-electron chi connectivity index (χ4n) is 4.74. The van der Waals surface area contributed by atoms with Crippen LogP contribution in [0.15, 0.2) is 4.42 Å². The van der Waals surface area contributed by atoms with E-state index in [2.05, 4.69) is 10.2 Å². The van der Waals surface area contributed by atoms with Crippen LogP contribution in [0.2, 0.25) is 0 Å². The summed E-state index contributed by atoms with van der Waals surface area (Å²) in [6.07, 6.45) is 7.71. The zero-order valence-electron chi connectivity index (χ0n) is 13.3. The molecular formula is C17H23N3O3. The molecule has 0 radical (unpaired) electrons. The van der Waals surface area contributed by atoms with E-state index in [4.69, 9.17) is 4.42 Å². The van der Waals surface area contributed by atoms with Crippen LogP contribution in [-0.4, -0.2) is 44.8 Å². The first-order valence-electron chi connectivity index (χ1n) is 8.96. The van der Waals surface area contributed by atoms with Crippen molar-refractivity contribution in [3.05, 3.63) is 11.8 Å². The fraction of sp³-hybridized carbons (Fsp3) is 0.824. The summed E-state index contributed by atoms with van der Waals surface area (Å²) in [6.45, 7) is 1.35. The predicted octanol–water partition coefficient (Wildman–Crippen LogP) is 1.74. The number of fused-ring (bicyclic) bond motifs is 1. The van der Waals surface area contributed by atoms with E-state index in [1.807, 2.05) is 4.90 Å². The molecule has 4 fully saturated rings. The monoisotopic (exact) mass is 317 g/mol. The van der Waals surface area contributed by atoms with Crippen LogP contribution in [0.1, 0.15) is 69.1 Å². The molecule has 0 unspecified atom stereocenters. The largest absolute Gasteiger partial charge is 0.424 e. The summed E-state index contributed by atoms with van der Waals surface area (Å²) in [5.41, 5.74) is -1.27. The van der Waals surface area contributed by atoms with Crippen LogP contribution in [0.5, 0.6) is 0 Å². The Labute approximate surface area is 135 Å². The Morgan fingerprint density at radius 3 is 2.70 bits per heavy atom. The van der Waals surface area contributed by atoms with Gasteiger partial charge in [-0.2, -0.15) is 0 Å². The number of carbonyl (C=O) groups excluding carboxylic acids is 1. The summed E-state index contributed by atoms with van der Waals surface area (Å²) in [4.78, 5) is 14.6. The van der Waals surface area contributed by atoms with Crippen LogP contribution >= 0.6 is 0 Å². The van der Waals surface area contributed by atoms with Gasteiger partial charge in [-0.05, 0) is 50.9 Å².